The Hall–Kier alpha value is -4.46. The predicted molar refractivity (Wildman–Crippen MR) is 145 cm³/mol. The molecule has 1 heterocycles. The van der Waals surface area contributed by atoms with Gasteiger partial charge in [0.25, 0.3) is 0 Å². The molecule has 5 amide bonds. The first-order valence-electron chi connectivity index (χ1n) is 12.8. The molecule has 0 fully saturated rings. The van der Waals surface area contributed by atoms with Crippen molar-refractivity contribution in [1.82, 2.24) is 20.9 Å². The van der Waals surface area contributed by atoms with Crippen molar-refractivity contribution >= 4 is 46.4 Å². The highest BCUT2D eigenvalue weighted by Gasteiger charge is 2.33. The fourth-order valence-corrected chi connectivity index (χ4v) is 4.08. The molecule has 0 spiro atoms. The lowest BCUT2D eigenvalue weighted by Crippen LogP contribution is -2.58. The van der Waals surface area contributed by atoms with Crippen LogP contribution in [-0.4, -0.2) is 69.8 Å². The van der Waals surface area contributed by atoms with E-state index in [1.54, 1.807) is 20.0 Å². The predicted octanol–water partition coefficient (Wildman–Crippen LogP) is -1.24. The normalized spacial score (nSPS) is 14.8. The largest absolute Gasteiger partial charge is 0.480 e. The topological polar surface area (TPSA) is 253 Å². The van der Waals surface area contributed by atoms with Crippen LogP contribution in [0.1, 0.15) is 45.1 Å². The van der Waals surface area contributed by atoms with Crippen LogP contribution in [0.4, 0.5) is 0 Å². The Balaban J connectivity index is 2.17. The highest BCUT2D eigenvalue weighted by Crippen LogP contribution is 2.19. The van der Waals surface area contributed by atoms with E-state index < -0.39 is 72.0 Å². The van der Waals surface area contributed by atoms with E-state index >= 15 is 0 Å². The van der Waals surface area contributed by atoms with Crippen molar-refractivity contribution in [2.45, 2.75) is 70.1 Å². The molecule has 1 aromatic carbocycles. The Kier molecular flexibility index (Phi) is 11.6. The molecule has 2 aromatic rings. The number of primary amides is 2. The van der Waals surface area contributed by atoms with Crippen LogP contribution in [0.2, 0.25) is 0 Å². The van der Waals surface area contributed by atoms with Crippen LogP contribution in [0.25, 0.3) is 10.9 Å². The summed E-state index contributed by atoms with van der Waals surface area (Å²) in [6.45, 7) is 3.36. The van der Waals surface area contributed by atoms with E-state index in [-0.39, 0.29) is 19.3 Å². The van der Waals surface area contributed by atoms with Gasteiger partial charge in [-0.3, -0.25) is 24.0 Å². The molecule has 0 saturated heterocycles. The number of carboxylic acids is 1. The first-order valence-corrected chi connectivity index (χ1v) is 12.8. The quantitative estimate of drug-likeness (QED) is 0.123. The van der Waals surface area contributed by atoms with Crippen LogP contribution >= 0.6 is 0 Å². The molecule has 2 rings (SSSR count). The van der Waals surface area contributed by atoms with Gasteiger partial charge < -0.3 is 43.2 Å². The van der Waals surface area contributed by atoms with E-state index in [9.17, 15) is 33.9 Å². The number of aromatic nitrogens is 1. The van der Waals surface area contributed by atoms with Crippen LogP contribution < -0.4 is 33.2 Å². The van der Waals surface area contributed by atoms with Crippen molar-refractivity contribution in [2.75, 3.05) is 0 Å². The lowest BCUT2D eigenvalue weighted by atomic mass is 9.98. The number of nitrogens with two attached hydrogens (primary N) is 3. The number of carboxylic acid groups (broad SMARTS) is 1. The van der Waals surface area contributed by atoms with Gasteiger partial charge in [-0.2, -0.15) is 0 Å². The number of hydrogen-bond donors (Lipinski definition) is 8. The van der Waals surface area contributed by atoms with Crippen molar-refractivity contribution in [3.05, 3.63) is 36.0 Å². The zero-order valence-electron chi connectivity index (χ0n) is 22.4. The Bertz CT molecular complexity index is 1240. The number of hydrogen-bond acceptors (Lipinski definition) is 7. The van der Waals surface area contributed by atoms with Gasteiger partial charge in [0.2, 0.25) is 29.5 Å². The molecule has 11 N–H and O–H groups in total. The SMILES string of the molecule is CCC(C)C(NC(=O)C(CC(N)=O)NC(=O)C(CCC(N)=O)NC(=O)C(N)Cc1c[nH]c2ccccc12)C(=O)O. The minimum absolute atomic E-state index is 0.138. The third-order valence-corrected chi connectivity index (χ3v) is 6.58. The maximum Gasteiger partial charge on any atom is 0.326 e. The summed E-state index contributed by atoms with van der Waals surface area (Å²) in [5.41, 5.74) is 18.2. The Morgan fingerprint density at radius 3 is 2.15 bits per heavy atom. The molecule has 1 aromatic heterocycles. The number of nitrogens with one attached hydrogen (secondary N) is 4. The van der Waals surface area contributed by atoms with E-state index in [1.807, 2.05) is 24.3 Å². The summed E-state index contributed by atoms with van der Waals surface area (Å²) < 4.78 is 0. The Morgan fingerprint density at radius 1 is 0.925 bits per heavy atom. The molecule has 5 atom stereocenters. The van der Waals surface area contributed by atoms with Crippen molar-refractivity contribution < 1.29 is 33.9 Å². The highest BCUT2D eigenvalue weighted by atomic mass is 16.4. The van der Waals surface area contributed by atoms with Crippen LogP contribution in [0.3, 0.4) is 0 Å². The number of carbonyl (C=O) groups excluding carboxylic acids is 5. The van der Waals surface area contributed by atoms with Crippen LogP contribution in [0.5, 0.6) is 0 Å². The van der Waals surface area contributed by atoms with Gasteiger partial charge in [0.1, 0.15) is 18.1 Å². The highest BCUT2D eigenvalue weighted by molar-refractivity contribution is 5.96. The van der Waals surface area contributed by atoms with Gasteiger partial charge in [-0.05, 0) is 30.4 Å². The standard InChI is InChI=1S/C26H37N7O7/c1-3-13(2)22(26(39)40)33-25(38)19(11-21(29)35)32-24(37)18(8-9-20(28)34)31-23(36)16(27)10-14-12-30-17-7-5-4-6-15(14)17/h4-7,12-13,16,18-19,22,30H,3,8-11,27H2,1-2H3,(H2,28,34)(H2,29,35)(H,31,36)(H,32,37)(H,33,38)(H,39,40). The minimum Gasteiger partial charge on any atom is -0.480 e. The summed E-state index contributed by atoms with van der Waals surface area (Å²) in [5, 5.41) is 17.5. The van der Waals surface area contributed by atoms with Gasteiger partial charge in [-0.25, -0.2) is 4.79 Å². The number of H-pyrrole nitrogens is 1. The summed E-state index contributed by atoms with van der Waals surface area (Å²) in [5.74, 6) is -5.97. The van der Waals surface area contributed by atoms with Crippen LogP contribution in [0.15, 0.2) is 30.5 Å². The number of aromatic amines is 1. The first kappa shape index (κ1) is 31.8. The monoisotopic (exact) mass is 559 g/mol. The van der Waals surface area contributed by atoms with Crippen molar-refractivity contribution in [3.63, 3.8) is 0 Å². The Morgan fingerprint density at radius 2 is 1.55 bits per heavy atom. The zero-order chi connectivity index (χ0) is 30.0. The second-order valence-corrected chi connectivity index (χ2v) is 9.68. The van der Waals surface area contributed by atoms with Gasteiger partial charge in [-0.1, -0.05) is 38.5 Å². The van der Waals surface area contributed by atoms with Crippen molar-refractivity contribution in [2.24, 2.45) is 23.1 Å². The third kappa shape index (κ3) is 9.08. The summed E-state index contributed by atoms with van der Waals surface area (Å²) in [6.07, 6.45) is 1.16. The third-order valence-electron chi connectivity index (χ3n) is 6.58. The van der Waals surface area contributed by atoms with E-state index in [0.717, 1.165) is 16.5 Å². The average Bonchev–Trinajstić information content (AvgIpc) is 3.30. The van der Waals surface area contributed by atoms with Gasteiger partial charge in [-0.15, -0.1) is 0 Å². The number of benzene rings is 1. The lowest BCUT2D eigenvalue weighted by molar-refractivity contribution is -0.144. The molecule has 0 radical (unpaired) electrons. The van der Waals surface area contributed by atoms with Crippen LogP contribution in [0, 0.1) is 5.92 Å². The summed E-state index contributed by atoms with van der Waals surface area (Å²) in [7, 11) is 0. The van der Waals surface area contributed by atoms with Crippen molar-refractivity contribution in [1.29, 1.82) is 0 Å². The maximum atomic E-state index is 13.1. The summed E-state index contributed by atoms with van der Waals surface area (Å²) in [6, 6.07) is 2.21. The zero-order valence-corrected chi connectivity index (χ0v) is 22.4. The molecule has 0 aliphatic carbocycles. The molecule has 218 valence electrons. The molecule has 0 saturated carbocycles. The van der Waals surface area contributed by atoms with E-state index in [2.05, 4.69) is 20.9 Å². The second-order valence-electron chi connectivity index (χ2n) is 9.68. The van der Waals surface area contributed by atoms with E-state index in [4.69, 9.17) is 17.2 Å². The first-order chi connectivity index (χ1) is 18.8. The summed E-state index contributed by atoms with van der Waals surface area (Å²) in [4.78, 5) is 76.7. The molecule has 5 unspecified atom stereocenters. The molecule has 0 aliphatic heterocycles. The Labute approximate surface area is 230 Å². The van der Waals surface area contributed by atoms with Crippen LogP contribution in [-0.2, 0) is 35.2 Å². The fourth-order valence-electron chi connectivity index (χ4n) is 4.08. The minimum atomic E-state index is -1.54. The number of para-hydroxylation sites is 1. The number of amides is 5. The van der Waals surface area contributed by atoms with E-state index in [0.29, 0.717) is 6.42 Å². The van der Waals surface area contributed by atoms with Crippen molar-refractivity contribution in [3.8, 4) is 0 Å². The van der Waals surface area contributed by atoms with Gasteiger partial charge >= 0.3 is 5.97 Å². The lowest BCUT2D eigenvalue weighted by Gasteiger charge is -2.26. The molecule has 0 bridgehead atoms. The second kappa shape index (κ2) is 14.6. The average molecular weight is 560 g/mol. The van der Waals surface area contributed by atoms with Gasteiger partial charge in [0.15, 0.2) is 0 Å². The van der Waals surface area contributed by atoms with E-state index in [1.165, 1.54) is 0 Å². The number of fused-ring (bicyclic) bond motifs is 1. The van der Waals surface area contributed by atoms with Gasteiger partial charge in [0.05, 0.1) is 12.5 Å². The smallest absolute Gasteiger partial charge is 0.326 e. The number of carbonyl (C=O) groups is 6. The molecule has 14 nitrogen and oxygen atoms in total. The molecule has 14 heteroatoms. The number of aliphatic carboxylic acids is 1. The van der Waals surface area contributed by atoms with Gasteiger partial charge in [0, 0.05) is 23.5 Å². The molecule has 40 heavy (non-hydrogen) atoms. The number of rotatable bonds is 16. The molecular formula is C26H37N7O7. The molecular weight excluding hydrogens is 522 g/mol. The maximum absolute atomic E-state index is 13.1. The summed E-state index contributed by atoms with van der Waals surface area (Å²) >= 11 is 0. The molecule has 0 aliphatic rings. The fraction of sp³-hybridized carbons (Fsp3) is 0.462.